The molecule has 2 N–H and O–H groups in total. The minimum Gasteiger partial charge on any atom is -0.481 e. The van der Waals surface area contributed by atoms with Gasteiger partial charge in [-0.05, 0) is 25.2 Å². The SMILES string of the molecule is CCOC(=O)CCC(=O)NCCC(C)(C)CCC(=O)O. The van der Waals surface area contributed by atoms with Crippen molar-refractivity contribution in [1.29, 1.82) is 0 Å². The largest absolute Gasteiger partial charge is 0.481 e. The Kier molecular flexibility index (Phi) is 8.59. The average Bonchev–Trinajstić information content (AvgIpc) is 2.34. The van der Waals surface area contributed by atoms with E-state index in [1.165, 1.54) is 0 Å². The van der Waals surface area contributed by atoms with Crippen LogP contribution >= 0.6 is 0 Å². The number of nitrogens with one attached hydrogen (secondary N) is 1. The van der Waals surface area contributed by atoms with Crippen LogP contribution in [0.4, 0.5) is 0 Å². The molecule has 0 aliphatic heterocycles. The first-order valence-electron chi connectivity index (χ1n) is 6.91. The minimum atomic E-state index is -0.809. The van der Waals surface area contributed by atoms with Crippen LogP contribution in [0, 0.1) is 5.41 Å². The van der Waals surface area contributed by atoms with Crippen LogP contribution in [0.15, 0.2) is 0 Å². The highest BCUT2D eigenvalue weighted by Gasteiger charge is 2.19. The predicted molar refractivity (Wildman–Crippen MR) is 74.1 cm³/mol. The van der Waals surface area contributed by atoms with Crippen molar-refractivity contribution in [2.45, 2.75) is 52.9 Å². The third-order valence-electron chi connectivity index (χ3n) is 3.00. The van der Waals surface area contributed by atoms with Crippen molar-refractivity contribution in [2.24, 2.45) is 5.41 Å². The second kappa shape index (κ2) is 9.34. The normalized spacial score (nSPS) is 10.9. The number of carbonyl (C=O) groups is 3. The van der Waals surface area contributed by atoms with Crippen LogP contribution in [0.3, 0.4) is 0 Å². The van der Waals surface area contributed by atoms with Gasteiger partial charge in [-0.25, -0.2) is 0 Å². The highest BCUT2D eigenvalue weighted by molar-refractivity contribution is 5.81. The topological polar surface area (TPSA) is 92.7 Å². The molecule has 0 radical (unpaired) electrons. The highest BCUT2D eigenvalue weighted by Crippen LogP contribution is 2.25. The molecule has 1 amide bonds. The van der Waals surface area contributed by atoms with Gasteiger partial charge in [0.25, 0.3) is 0 Å². The van der Waals surface area contributed by atoms with Crippen molar-refractivity contribution in [1.82, 2.24) is 5.32 Å². The Labute approximate surface area is 119 Å². The Morgan fingerprint density at radius 2 is 1.75 bits per heavy atom. The van der Waals surface area contributed by atoms with Gasteiger partial charge in [0.05, 0.1) is 13.0 Å². The van der Waals surface area contributed by atoms with Crippen LogP contribution < -0.4 is 5.32 Å². The first-order chi connectivity index (χ1) is 9.26. The molecule has 0 heterocycles. The van der Waals surface area contributed by atoms with E-state index in [1.54, 1.807) is 6.92 Å². The van der Waals surface area contributed by atoms with Crippen LogP contribution in [0.25, 0.3) is 0 Å². The quantitative estimate of drug-likeness (QED) is 0.597. The summed E-state index contributed by atoms with van der Waals surface area (Å²) in [5.74, 6) is -1.37. The predicted octanol–water partition coefficient (Wildman–Crippen LogP) is 1.73. The van der Waals surface area contributed by atoms with Crippen LogP contribution in [-0.2, 0) is 19.1 Å². The number of hydrogen-bond donors (Lipinski definition) is 2. The molecule has 0 fully saturated rings. The van der Waals surface area contributed by atoms with Crippen molar-refractivity contribution < 1.29 is 24.2 Å². The monoisotopic (exact) mass is 287 g/mol. The summed E-state index contributed by atoms with van der Waals surface area (Å²) in [6.45, 7) is 6.46. The lowest BCUT2D eigenvalue weighted by Gasteiger charge is -2.23. The van der Waals surface area contributed by atoms with Gasteiger partial charge in [0.15, 0.2) is 0 Å². The lowest BCUT2D eigenvalue weighted by molar-refractivity contribution is -0.144. The number of hydrogen-bond acceptors (Lipinski definition) is 4. The van der Waals surface area contributed by atoms with Gasteiger partial charge in [-0.15, -0.1) is 0 Å². The van der Waals surface area contributed by atoms with E-state index in [0.717, 1.165) is 0 Å². The number of rotatable bonds is 10. The zero-order valence-corrected chi connectivity index (χ0v) is 12.5. The molecule has 20 heavy (non-hydrogen) atoms. The molecule has 0 saturated heterocycles. The molecule has 0 aromatic heterocycles. The standard InChI is InChI=1S/C14H25NO5/c1-4-20-13(19)6-5-11(16)15-10-9-14(2,3)8-7-12(17)18/h4-10H2,1-3H3,(H,15,16)(H,17,18). The molecule has 0 spiro atoms. The fourth-order valence-electron chi connectivity index (χ4n) is 1.65. The fourth-order valence-corrected chi connectivity index (χ4v) is 1.65. The van der Waals surface area contributed by atoms with E-state index in [9.17, 15) is 14.4 Å². The second-order valence-corrected chi connectivity index (χ2v) is 5.46. The first kappa shape index (κ1) is 18.4. The summed E-state index contributed by atoms with van der Waals surface area (Å²) in [7, 11) is 0. The Morgan fingerprint density at radius 1 is 1.10 bits per heavy atom. The summed E-state index contributed by atoms with van der Waals surface area (Å²) >= 11 is 0. The van der Waals surface area contributed by atoms with E-state index in [0.29, 0.717) is 26.0 Å². The van der Waals surface area contributed by atoms with Gasteiger partial charge in [-0.1, -0.05) is 13.8 Å². The molecule has 0 rings (SSSR count). The highest BCUT2D eigenvalue weighted by atomic mass is 16.5. The molecular formula is C14H25NO5. The molecule has 6 nitrogen and oxygen atoms in total. The first-order valence-corrected chi connectivity index (χ1v) is 6.91. The maximum atomic E-state index is 11.5. The summed E-state index contributed by atoms with van der Waals surface area (Å²) in [6, 6.07) is 0. The lowest BCUT2D eigenvalue weighted by atomic mass is 9.84. The van der Waals surface area contributed by atoms with Crippen molar-refractivity contribution in [2.75, 3.05) is 13.2 Å². The molecule has 0 aromatic carbocycles. The molecule has 0 atom stereocenters. The molecule has 116 valence electrons. The van der Waals surface area contributed by atoms with Gasteiger partial charge in [-0.3, -0.25) is 14.4 Å². The van der Waals surface area contributed by atoms with E-state index >= 15 is 0 Å². The summed E-state index contributed by atoms with van der Waals surface area (Å²) in [4.78, 5) is 33.1. The van der Waals surface area contributed by atoms with Crippen LogP contribution in [0.1, 0.15) is 52.9 Å². The third kappa shape index (κ3) is 10.3. The van der Waals surface area contributed by atoms with Crippen molar-refractivity contribution >= 4 is 17.8 Å². The molecule has 0 aliphatic rings. The van der Waals surface area contributed by atoms with E-state index in [1.807, 2.05) is 13.8 Å². The van der Waals surface area contributed by atoms with Crippen molar-refractivity contribution in [3.8, 4) is 0 Å². The zero-order chi connectivity index (χ0) is 15.6. The molecular weight excluding hydrogens is 262 g/mol. The maximum Gasteiger partial charge on any atom is 0.306 e. The maximum absolute atomic E-state index is 11.5. The van der Waals surface area contributed by atoms with Crippen molar-refractivity contribution in [3.05, 3.63) is 0 Å². The molecule has 0 aromatic rings. The molecule has 0 unspecified atom stereocenters. The van der Waals surface area contributed by atoms with Crippen LogP contribution in [-0.4, -0.2) is 36.1 Å². The van der Waals surface area contributed by atoms with E-state index in [2.05, 4.69) is 5.32 Å². The number of esters is 1. The van der Waals surface area contributed by atoms with E-state index in [-0.39, 0.29) is 36.6 Å². The van der Waals surface area contributed by atoms with Gasteiger partial charge in [0.2, 0.25) is 5.91 Å². The number of amides is 1. The second-order valence-electron chi connectivity index (χ2n) is 5.46. The van der Waals surface area contributed by atoms with E-state index in [4.69, 9.17) is 9.84 Å². The average molecular weight is 287 g/mol. The molecule has 0 bridgehead atoms. The smallest absolute Gasteiger partial charge is 0.306 e. The fraction of sp³-hybridized carbons (Fsp3) is 0.786. The van der Waals surface area contributed by atoms with Gasteiger partial charge >= 0.3 is 11.9 Å². The summed E-state index contributed by atoms with van der Waals surface area (Å²) in [5.41, 5.74) is -0.132. The van der Waals surface area contributed by atoms with E-state index < -0.39 is 5.97 Å². The Bertz CT molecular complexity index is 338. The summed E-state index contributed by atoms with van der Waals surface area (Å²) in [5, 5.41) is 11.4. The van der Waals surface area contributed by atoms with Gasteiger partial charge in [0, 0.05) is 19.4 Å². The Balaban J connectivity index is 3.79. The Hall–Kier alpha value is -1.59. The summed E-state index contributed by atoms with van der Waals surface area (Å²) < 4.78 is 4.73. The molecule has 6 heteroatoms. The molecule has 0 saturated carbocycles. The van der Waals surface area contributed by atoms with Gasteiger partial charge < -0.3 is 15.2 Å². The minimum absolute atomic E-state index is 0.0854. The van der Waals surface area contributed by atoms with Gasteiger partial charge in [0.1, 0.15) is 0 Å². The number of carbonyl (C=O) groups excluding carboxylic acids is 2. The lowest BCUT2D eigenvalue weighted by Crippen LogP contribution is -2.28. The zero-order valence-electron chi connectivity index (χ0n) is 12.5. The number of aliphatic carboxylic acids is 1. The summed E-state index contributed by atoms with van der Waals surface area (Å²) in [6.07, 6.45) is 1.60. The van der Waals surface area contributed by atoms with Crippen LogP contribution in [0.5, 0.6) is 0 Å². The number of ether oxygens (including phenoxy) is 1. The van der Waals surface area contributed by atoms with Crippen LogP contribution in [0.2, 0.25) is 0 Å². The third-order valence-corrected chi connectivity index (χ3v) is 3.00. The number of carboxylic acid groups (broad SMARTS) is 1. The Morgan fingerprint density at radius 3 is 2.30 bits per heavy atom. The van der Waals surface area contributed by atoms with Crippen molar-refractivity contribution in [3.63, 3.8) is 0 Å². The van der Waals surface area contributed by atoms with Gasteiger partial charge in [-0.2, -0.15) is 0 Å². The number of carboxylic acids is 1. The molecule has 0 aliphatic carbocycles.